The summed E-state index contributed by atoms with van der Waals surface area (Å²) >= 11 is 6.47. The molecule has 1 N–H and O–H groups in total. The average Bonchev–Trinajstić information content (AvgIpc) is 3.11. The summed E-state index contributed by atoms with van der Waals surface area (Å²) < 4.78 is 11.7. The molecule has 3 rings (SSSR count). The van der Waals surface area contributed by atoms with E-state index in [9.17, 15) is 9.59 Å². The quantitative estimate of drug-likeness (QED) is 0.204. The number of amides is 2. The van der Waals surface area contributed by atoms with Crippen molar-refractivity contribution in [1.29, 1.82) is 0 Å². The van der Waals surface area contributed by atoms with E-state index >= 15 is 0 Å². The smallest absolute Gasteiger partial charge is 0.285 e. The molecule has 35 heavy (non-hydrogen) atoms. The number of ether oxygens (including phenoxy) is 2. The Morgan fingerprint density at radius 3 is 2.54 bits per heavy atom. The number of hydrogen-bond donors (Lipinski definition) is 1. The lowest BCUT2D eigenvalue weighted by atomic mass is 10.1. The highest BCUT2D eigenvalue weighted by atomic mass is 32.2. The lowest BCUT2D eigenvalue weighted by molar-refractivity contribution is -0.132. The predicted octanol–water partition coefficient (Wildman–Crippen LogP) is 5.91. The van der Waals surface area contributed by atoms with Crippen molar-refractivity contribution in [2.45, 2.75) is 51.9 Å². The van der Waals surface area contributed by atoms with E-state index in [1.54, 1.807) is 13.2 Å². The highest BCUT2D eigenvalue weighted by molar-refractivity contribution is 8.26. The number of nitrogens with zero attached hydrogens (tertiary/aromatic N) is 1. The molecule has 8 heteroatoms. The Morgan fingerprint density at radius 2 is 1.80 bits per heavy atom. The molecule has 0 radical (unpaired) electrons. The van der Waals surface area contributed by atoms with Gasteiger partial charge in [0.2, 0.25) is 5.91 Å². The third kappa shape index (κ3) is 8.11. The second-order valence-electron chi connectivity index (χ2n) is 8.24. The number of benzene rings is 2. The van der Waals surface area contributed by atoms with E-state index in [0.717, 1.165) is 40.7 Å². The maximum absolute atomic E-state index is 12.9. The molecule has 186 valence electrons. The molecule has 2 amide bonds. The summed E-state index contributed by atoms with van der Waals surface area (Å²) in [4.78, 5) is 25.7. The van der Waals surface area contributed by atoms with Crippen LogP contribution in [0.15, 0.2) is 53.4 Å². The Balaban J connectivity index is 1.57. The number of thioether (sulfide) groups is 1. The van der Waals surface area contributed by atoms with Gasteiger partial charge in [-0.3, -0.25) is 15.0 Å². The van der Waals surface area contributed by atoms with Gasteiger partial charge in [-0.2, -0.15) is 5.01 Å². The normalized spacial score (nSPS) is 14.5. The summed E-state index contributed by atoms with van der Waals surface area (Å²) in [6, 6.07) is 14.9. The van der Waals surface area contributed by atoms with Crippen LogP contribution in [0.4, 0.5) is 0 Å². The molecule has 1 saturated heterocycles. The van der Waals surface area contributed by atoms with Crippen LogP contribution in [0.2, 0.25) is 0 Å². The first-order valence-electron chi connectivity index (χ1n) is 11.9. The Hall–Kier alpha value is -2.84. The van der Waals surface area contributed by atoms with E-state index in [0.29, 0.717) is 23.0 Å². The Kier molecular flexibility index (Phi) is 10.6. The van der Waals surface area contributed by atoms with Gasteiger partial charge in [-0.25, -0.2) is 0 Å². The first-order valence-corrected chi connectivity index (χ1v) is 13.2. The second kappa shape index (κ2) is 13.9. The van der Waals surface area contributed by atoms with Gasteiger partial charge in [0, 0.05) is 0 Å². The maximum Gasteiger partial charge on any atom is 0.285 e. The van der Waals surface area contributed by atoms with Gasteiger partial charge in [0.25, 0.3) is 5.91 Å². The van der Waals surface area contributed by atoms with Crippen LogP contribution in [-0.2, 0) is 16.0 Å². The first-order chi connectivity index (χ1) is 17.0. The topological polar surface area (TPSA) is 67.9 Å². The lowest BCUT2D eigenvalue weighted by Crippen LogP contribution is -2.45. The number of thiocarbonyl (C=S) groups is 1. The highest BCUT2D eigenvalue weighted by Gasteiger charge is 2.33. The average molecular weight is 513 g/mol. The van der Waals surface area contributed by atoms with Gasteiger partial charge in [-0.1, -0.05) is 87.2 Å². The van der Waals surface area contributed by atoms with Crippen LogP contribution in [0.25, 0.3) is 6.08 Å². The molecule has 0 bridgehead atoms. The molecule has 2 aromatic carbocycles. The summed E-state index contributed by atoms with van der Waals surface area (Å²) in [6.45, 7) is 2.86. The van der Waals surface area contributed by atoms with Gasteiger partial charge in [-0.05, 0) is 48.0 Å². The molecule has 0 saturated carbocycles. The fourth-order valence-electron chi connectivity index (χ4n) is 3.62. The summed E-state index contributed by atoms with van der Waals surface area (Å²) in [5.41, 5.74) is 4.26. The zero-order valence-corrected chi connectivity index (χ0v) is 21.9. The Morgan fingerprint density at radius 1 is 1.06 bits per heavy atom. The van der Waals surface area contributed by atoms with Crippen LogP contribution in [0.1, 0.15) is 56.6 Å². The molecule has 1 heterocycles. The van der Waals surface area contributed by atoms with Crippen molar-refractivity contribution in [2.24, 2.45) is 0 Å². The number of hydrazine groups is 1. The largest absolute Gasteiger partial charge is 0.493 e. The van der Waals surface area contributed by atoms with Crippen molar-refractivity contribution in [3.63, 3.8) is 0 Å². The SMILES string of the molecule is CCCCCCCCOc1ccc(/C=C2\SC(=S)N(NC(=O)Cc3ccccc3)C2=O)cc1OC. The van der Waals surface area contributed by atoms with Crippen LogP contribution in [0.5, 0.6) is 11.5 Å². The lowest BCUT2D eigenvalue weighted by Gasteiger charge is -2.15. The molecule has 0 aliphatic carbocycles. The van der Waals surface area contributed by atoms with Gasteiger partial charge in [0.15, 0.2) is 15.8 Å². The number of rotatable bonds is 13. The van der Waals surface area contributed by atoms with Crippen LogP contribution in [0, 0.1) is 0 Å². The summed E-state index contributed by atoms with van der Waals surface area (Å²) in [5.74, 6) is 0.626. The summed E-state index contributed by atoms with van der Waals surface area (Å²) in [6.07, 6.45) is 9.10. The molecule has 1 aliphatic heterocycles. The van der Waals surface area contributed by atoms with Crippen molar-refractivity contribution in [2.75, 3.05) is 13.7 Å². The van der Waals surface area contributed by atoms with E-state index in [4.69, 9.17) is 21.7 Å². The number of carbonyl (C=O) groups is 2. The third-order valence-corrected chi connectivity index (χ3v) is 6.78. The molecular formula is C27H32N2O4S2. The predicted molar refractivity (Wildman–Crippen MR) is 145 cm³/mol. The molecule has 2 aromatic rings. The van der Waals surface area contributed by atoms with Gasteiger partial charge < -0.3 is 9.47 Å². The van der Waals surface area contributed by atoms with Gasteiger partial charge in [0.05, 0.1) is 25.0 Å². The molecule has 6 nitrogen and oxygen atoms in total. The van der Waals surface area contributed by atoms with Crippen molar-refractivity contribution in [3.8, 4) is 11.5 Å². The number of methoxy groups -OCH3 is 1. The summed E-state index contributed by atoms with van der Waals surface area (Å²) in [5, 5.41) is 1.13. The molecule has 0 aromatic heterocycles. The minimum atomic E-state index is -0.358. The fraction of sp³-hybridized carbons (Fsp3) is 0.370. The third-order valence-electron chi connectivity index (χ3n) is 5.48. The number of carbonyl (C=O) groups excluding carboxylic acids is 2. The van der Waals surface area contributed by atoms with Crippen LogP contribution >= 0.6 is 24.0 Å². The fourth-order valence-corrected chi connectivity index (χ4v) is 4.80. The Bertz CT molecular complexity index is 1060. The minimum Gasteiger partial charge on any atom is -0.493 e. The van der Waals surface area contributed by atoms with E-state index in [1.807, 2.05) is 48.5 Å². The highest BCUT2D eigenvalue weighted by Crippen LogP contribution is 2.34. The van der Waals surface area contributed by atoms with Gasteiger partial charge in [0.1, 0.15) is 0 Å². The molecule has 1 aliphatic rings. The maximum atomic E-state index is 12.9. The molecule has 0 atom stereocenters. The van der Waals surface area contributed by atoms with E-state index < -0.39 is 0 Å². The van der Waals surface area contributed by atoms with Crippen molar-refractivity contribution in [1.82, 2.24) is 10.4 Å². The van der Waals surface area contributed by atoms with Crippen molar-refractivity contribution < 1.29 is 19.1 Å². The number of hydrogen-bond acceptors (Lipinski definition) is 6. The number of nitrogens with one attached hydrogen (secondary N) is 1. The zero-order chi connectivity index (χ0) is 25.0. The van der Waals surface area contributed by atoms with Crippen LogP contribution in [0.3, 0.4) is 0 Å². The Labute approximate surface area is 217 Å². The standard InChI is InChI=1S/C27H32N2O4S2/c1-3-4-5-6-7-11-16-33-22-15-14-21(17-23(22)32-2)18-24-26(31)29(27(34)35-24)28-25(30)19-20-12-9-8-10-13-20/h8-10,12-15,17-18H,3-7,11,16,19H2,1-2H3,(H,28,30)/b24-18-. The monoisotopic (exact) mass is 512 g/mol. The summed E-state index contributed by atoms with van der Waals surface area (Å²) in [7, 11) is 1.60. The number of unbranched alkanes of at least 4 members (excludes halogenated alkanes) is 5. The van der Waals surface area contributed by atoms with Gasteiger partial charge >= 0.3 is 0 Å². The molecular weight excluding hydrogens is 480 g/mol. The minimum absolute atomic E-state index is 0.161. The van der Waals surface area contributed by atoms with Crippen molar-refractivity contribution in [3.05, 3.63) is 64.6 Å². The van der Waals surface area contributed by atoms with E-state index in [2.05, 4.69) is 12.3 Å². The van der Waals surface area contributed by atoms with E-state index in [-0.39, 0.29) is 22.6 Å². The second-order valence-corrected chi connectivity index (χ2v) is 9.92. The zero-order valence-electron chi connectivity index (χ0n) is 20.2. The molecule has 0 unspecified atom stereocenters. The first kappa shape index (κ1) is 26.8. The van der Waals surface area contributed by atoms with E-state index in [1.165, 1.54) is 25.7 Å². The van der Waals surface area contributed by atoms with Gasteiger partial charge in [-0.15, -0.1) is 0 Å². The van der Waals surface area contributed by atoms with Crippen LogP contribution < -0.4 is 14.9 Å². The molecule has 1 fully saturated rings. The van der Waals surface area contributed by atoms with Crippen molar-refractivity contribution >= 4 is 46.2 Å². The van der Waals surface area contributed by atoms with Crippen LogP contribution in [-0.4, -0.2) is 34.9 Å². The molecule has 0 spiro atoms.